The predicted octanol–water partition coefficient (Wildman–Crippen LogP) is 2.40. The zero-order valence-corrected chi connectivity index (χ0v) is 8.65. The van der Waals surface area contributed by atoms with Crippen LogP contribution in [0.2, 0.25) is 0 Å². The van der Waals surface area contributed by atoms with Crippen LogP contribution in [-0.4, -0.2) is 14.9 Å². The quantitative estimate of drug-likeness (QED) is 0.749. The Kier molecular flexibility index (Phi) is 1.95. The fourth-order valence-corrected chi connectivity index (χ4v) is 1.71. The maximum Gasteiger partial charge on any atom is 0.116 e. The molecule has 2 rings (SSSR count). The van der Waals surface area contributed by atoms with Crippen molar-refractivity contribution in [2.45, 2.75) is 19.8 Å². The van der Waals surface area contributed by atoms with Gasteiger partial charge in [0.1, 0.15) is 5.75 Å². The number of benzene rings is 1. The average Bonchev–Trinajstić information content (AvgIpc) is 2.43. The van der Waals surface area contributed by atoms with Crippen molar-refractivity contribution < 1.29 is 5.11 Å². The van der Waals surface area contributed by atoms with Gasteiger partial charge in [0.05, 0.1) is 11.2 Å². The van der Waals surface area contributed by atoms with Crippen LogP contribution in [0.3, 0.4) is 0 Å². The van der Waals surface area contributed by atoms with Crippen molar-refractivity contribution >= 4 is 10.9 Å². The summed E-state index contributed by atoms with van der Waals surface area (Å²) in [6.45, 7) is 4.21. The number of aryl methyl sites for hydroxylation is 1. The molecule has 0 amide bonds. The highest BCUT2D eigenvalue weighted by atomic mass is 16.3. The van der Waals surface area contributed by atoms with Gasteiger partial charge >= 0.3 is 0 Å². The van der Waals surface area contributed by atoms with Crippen LogP contribution in [0.15, 0.2) is 18.2 Å². The molecule has 0 radical (unpaired) electrons. The SMILES string of the molecule is CC(C)c1nn(C)c2ccc(O)cc12. The zero-order valence-electron chi connectivity index (χ0n) is 8.65. The zero-order chi connectivity index (χ0) is 10.3. The second-order valence-electron chi connectivity index (χ2n) is 3.86. The molecule has 0 bridgehead atoms. The minimum atomic E-state index is 0.299. The Morgan fingerprint density at radius 1 is 1.36 bits per heavy atom. The molecule has 0 unspecified atom stereocenters. The predicted molar refractivity (Wildman–Crippen MR) is 56.5 cm³/mol. The summed E-state index contributed by atoms with van der Waals surface area (Å²) in [4.78, 5) is 0. The van der Waals surface area contributed by atoms with Crippen LogP contribution in [0, 0.1) is 0 Å². The summed E-state index contributed by atoms with van der Waals surface area (Å²) in [7, 11) is 1.92. The smallest absolute Gasteiger partial charge is 0.116 e. The number of phenolic OH excluding ortho intramolecular Hbond substituents is 1. The highest BCUT2D eigenvalue weighted by Crippen LogP contribution is 2.27. The van der Waals surface area contributed by atoms with E-state index in [9.17, 15) is 5.11 Å². The third kappa shape index (κ3) is 1.25. The molecule has 14 heavy (non-hydrogen) atoms. The van der Waals surface area contributed by atoms with Gasteiger partial charge in [0, 0.05) is 12.4 Å². The fourth-order valence-electron chi connectivity index (χ4n) is 1.71. The van der Waals surface area contributed by atoms with E-state index < -0.39 is 0 Å². The van der Waals surface area contributed by atoms with Crippen LogP contribution in [0.1, 0.15) is 25.5 Å². The van der Waals surface area contributed by atoms with Crippen LogP contribution < -0.4 is 0 Å². The molecule has 3 heteroatoms. The molecule has 0 saturated heterocycles. The normalized spacial score (nSPS) is 11.4. The van der Waals surface area contributed by atoms with E-state index in [1.54, 1.807) is 12.1 Å². The monoisotopic (exact) mass is 190 g/mol. The maximum absolute atomic E-state index is 9.41. The largest absolute Gasteiger partial charge is 0.508 e. The Balaban J connectivity index is 2.79. The summed E-state index contributed by atoms with van der Waals surface area (Å²) < 4.78 is 1.85. The van der Waals surface area contributed by atoms with Crippen molar-refractivity contribution in [2.24, 2.45) is 7.05 Å². The third-order valence-corrected chi connectivity index (χ3v) is 2.41. The Morgan fingerprint density at radius 2 is 2.07 bits per heavy atom. The molecule has 1 aromatic heterocycles. The van der Waals surface area contributed by atoms with E-state index >= 15 is 0 Å². The summed E-state index contributed by atoms with van der Waals surface area (Å²) in [6.07, 6.45) is 0. The summed E-state index contributed by atoms with van der Waals surface area (Å²) in [6, 6.07) is 5.36. The van der Waals surface area contributed by atoms with Crippen molar-refractivity contribution in [3.8, 4) is 5.75 Å². The maximum atomic E-state index is 9.41. The Bertz CT molecular complexity index is 471. The molecular formula is C11H14N2O. The third-order valence-electron chi connectivity index (χ3n) is 2.41. The lowest BCUT2D eigenvalue weighted by molar-refractivity contribution is 0.476. The van der Waals surface area contributed by atoms with E-state index in [4.69, 9.17) is 0 Å². The van der Waals surface area contributed by atoms with Gasteiger partial charge in [-0.1, -0.05) is 13.8 Å². The lowest BCUT2D eigenvalue weighted by Gasteiger charge is -1.99. The standard InChI is InChI=1S/C11H14N2O/c1-7(2)11-9-6-8(14)4-5-10(9)13(3)12-11/h4-7,14H,1-3H3. The van der Waals surface area contributed by atoms with Gasteiger partial charge in [0.2, 0.25) is 0 Å². The van der Waals surface area contributed by atoms with Crippen molar-refractivity contribution in [2.75, 3.05) is 0 Å². The lowest BCUT2D eigenvalue weighted by atomic mass is 10.1. The first-order valence-corrected chi connectivity index (χ1v) is 4.75. The van der Waals surface area contributed by atoms with E-state index in [0.29, 0.717) is 11.7 Å². The average molecular weight is 190 g/mol. The molecule has 0 spiro atoms. The summed E-state index contributed by atoms with van der Waals surface area (Å²) in [5.41, 5.74) is 2.10. The number of rotatable bonds is 1. The van der Waals surface area contributed by atoms with Crippen molar-refractivity contribution in [1.82, 2.24) is 9.78 Å². The van der Waals surface area contributed by atoms with E-state index in [1.165, 1.54) is 0 Å². The van der Waals surface area contributed by atoms with Crippen LogP contribution in [0.25, 0.3) is 10.9 Å². The topological polar surface area (TPSA) is 38.0 Å². The highest BCUT2D eigenvalue weighted by Gasteiger charge is 2.11. The minimum absolute atomic E-state index is 0.299. The number of hydrogen-bond acceptors (Lipinski definition) is 2. The Morgan fingerprint density at radius 3 is 2.71 bits per heavy atom. The molecule has 74 valence electrons. The summed E-state index contributed by atoms with van der Waals surface area (Å²) >= 11 is 0. The molecule has 1 aromatic carbocycles. The van der Waals surface area contributed by atoms with E-state index in [-0.39, 0.29) is 0 Å². The van der Waals surface area contributed by atoms with Gasteiger partial charge in [0.25, 0.3) is 0 Å². The number of hydrogen-bond donors (Lipinski definition) is 1. The molecule has 0 saturated carbocycles. The first-order valence-electron chi connectivity index (χ1n) is 4.75. The first-order chi connectivity index (χ1) is 6.59. The summed E-state index contributed by atoms with van der Waals surface area (Å²) in [5, 5.41) is 14.9. The molecule has 0 aliphatic rings. The molecular weight excluding hydrogens is 176 g/mol. The lowest BCUT2D eigenvalue weighted by Crippen LogP contribution is -1.92. The van der Waals surface area contributed by atoms with E-state index in [0.717, 1.165) is 16.6 Å². The van der Waals surface area contributed by atoms with Gasteiger partial charge < -0.3 is 5.11 Å². The van der Waals surface area contributed by atoms with Gasteiger partial charge in [-0.25, -0.2) is 0 Å². The molecule has 1 heterocycles. The molecule has 0 aliphatic carbocycles. The van der Waals surface area contributed by atoms with Gasteiger partial charge in [-0.2, -0.15) is 5.10 Å². The number of fused-ring (bicyclic) bond motifs is 1. The molecule has 0 atom stereocenters. The van der Waals surface area contributed by atoms with E-state index in [2.05, 4.69) is 18.9 Å². The van der Waals surface area contributed by atoms with Gasteiger partial charge in [-0.05, 0) is 24.1 Å². The second-order valence-corrected chi connectivity index (χ2v) is 3.86. The van der Waals surface area contributed by atoms with Gasteiger partial charge in [0.15, 0.2) is 0 Å². The van der Waals surface area contributed by atoms with Crippen molar-refractivity contribution in [1.29, 1.82) is 0 Å². The molecule has 3 nitrogen and oxygen atoms in total. The fraction of sp³-hybridized carbons (Fsp3) is 0.364. The Labute approximate surface area is 83.0 Å². The Hall–Kier alpha value is -1.51. The number of aromatic nitrogens is 2. The van der Waals surface area contributed by atoms with Crippen LogP contribution >= 0.6 is 0 Å². The molecule has 2 aromatic rings. The van der Waals surface area contributed by atoms with Crippen LogP contribution in [0.5, 0.6) is 5.75 Å². The molecule has 0 aliphatic heterocycles. The highest BCUT2D eigenvalue weighted by molar-refractivity contribution is 5.83. The first kappa shape index (κ1) is 9.06. The second kappa shape index (κ2) is 3.01. The van der Waals surface area contributed by atoms with Crippen LogP contribution in [-0.2, 0) is 7.05 Å². The van der Waals surface area contributed by atoms with Gasteiger partial charge in [-0.3, -0.25) is 4.68 Å². The van der Waals surface area contributed by atoms with E-state index in [1.807, 2.05) is 17.8 Å². The summed E-state index contributed by atoms with van der Waals surface area (Å²) in [5.74, 6) is 0.674. The van der Waals surface area contributed by atoms with Crippen molar-refractivity contribution in [3.63, 3.8) is 0 Å². The number of aromatic hydroxyl groups is 1. The van der Waals surface area contributed by atoms with Crippen LogP contribution in [0.4, 0.5) is 0 Å². The minimum Gasteiger partial charge on any atom is -0.508 e. The van der Waals surface area contributed by atoms with Gasteiger partial charge in [-0.15, -0.1) is 0 Å². The number of phenols is 1. The molecule has 0 fully saturated rings. The van der Waals surface area contributed by atoms with Crippen molar-refractivity contribution in [3.05, 3.63) is 23.9 Å². The number of nitrogens with zero attached hydrogens (tertiary/aromatic N) is 2. The molecule has 1 N–H and O–H groups in total.